The lowest BCUT2D eigenvalue weighted by Crippen LogP contribution is -2.41. The molecule has 0 spiro atoms. The molecule has 134 valence electrons. The van der Waals surface area contributed by atoms with Crippen LogP contribution in [0.15, 0.2) is 29.6 Å². The van der Waals surface area contributed by atoms with E-state index in [1.165, 1.54) is 18.4 Å². The Morgan fingerprint density at radius 2 is 1.84 bits per heavy atom. The van der Waals surface area contributed by atoms with Crippen LogP contribution in [0.2, 0.25) is 0 Å². The summed E-state index contributed by atoms with van der Waals surface area (Å²) >= 11 is 1.35. The molecule has 7 heteroatoms. The van der Waals surface area contributed by atoms with Gasteiger partial charge in [-0.15, -0.1) is 11.3 Å². The average molecular weight is 362 g/mol. The molecular formula is C18H22N2O4S. The fraction of sp³-hybridized carbons (Fsp3) is 0.333. The number of thiophene rings is 1. The van der Waals surface area contributed by atoms with Gasteiger partial charge in [0.15, 0.2) is 11.5 Å². The predicted molar refractivity (Wildman–Crippen MR) is 97.5 cm³/mol. The average Bonchev–Trinajstić information content (AvgIpc) is 3.10. The highest BCUT2D eigenvalue weighted by Gasteiger charge is 2.17. The summed E-state index contributed by atoms with van der Waals surface area (Å²) in [6.07, 6.45) is 0. The van der Waals surface area contributed by atoms with Crippen LogP contribution in [0, 0.1) is 0 Å². The number of methoxy groups -OCH3 is 1. The van der Waals surface area contributed by atoms with Crippen LogP contribution in [-0.4, -0.2) is 25.5 Å². The summed E-state index contributed by atoms with van der Waals surface area (Å²) < 4.78 is 10.6. The smallest absolute Gasteiger partial charge is 0.280 e. The van der Waals surface area contributed by atoms with Gasteiger partial charge in [0.2, 0.25) is 0 Å². The second-order valence-electron chi connectivity index (χ2n) is 5.57. The quantitative estimate of drug-likeness (QED) is 0.773. The second kappa shape index (κ2) is 8.53. The predicted octanol–water partition coefficient (Wildman–Crippen LogP) is 3.35. The summed E-state index contributed by atoms with van der Waals surface area (Å²) in [4.78, 5) is 25.1. The Morgan fingerprint density at radius 1 is 1.12 bits per heavy atom. The molecule has 0 saturated heterocycles. The molecule has 2 amide bonds. The Balaban J connectivity index is 2.05. The van der Waals surface area contributed by atoms with Gasteiger partial charge in [-0.1, -0.05) is 13.8 Å². The molecule has 0 aliphatic carbocycles. The second-order valence-corrected chi connectivity index (χ2v) is 6.48. The number of carbonyl (C=O) groups excluding carboxylic acids is 2. The van der Waals surface area contributed by atoms with E-state index in [2.05, 4.69) is 10.9 Å². The number of hydrogen-bond acceptors (Lipinski definition) is 5. The monoisotopic (exact) mass is 362 g/mol. The van der Waals surface area contributed by atoms with Gasteiger partial charge >= 0.3 is 0 Å². The first-order chi connectivity index (χ1) is 12.0. The fourth-order valence-electron chi connectivity index (χ4n) is 2.28. The molecular weight excluding hydrogens is 340 g/mol. The normalized spacial score (nSPS) is 10.4. The number of hydrogen-bond donors (Lipinski definition) is 2. The molecule has 2 aromatic rings. The summed E-state index contributed by atoms with van der Waals surface area (Å²) in [5.41, 5.74) is 6.20. The molecule has 2 rings (SSSR count). The third kappa shape index (κ3) is 4.51. The molecule has 1 aromatic carbocycles. The van der Waals surface area contributed by atoms with Crippen LogP contribution in [0.1, 0.15) is 52.3 Å². The van der Waals surface area contributed by atoms with Crippen LogP contribution >= 0.6 is 11.3 Å². The minimum absolute atomic E-state index is 0.234. The van der Waals surface area contributed by atoms with Crippen molar-refractivity contribution in [1.82, 2.24) is 10.9 Å². The van der Waals surface area contributed by atoms with Gasteiger partial charge in [-0.3, -0.25) is 20.4 Å². The first kappa shape index (κ1) is 18.8. The van der Waals surface area contributed by atoms with E-state index in [-0.39, 0.29) is 11.8 Å². The number of ether oxygens (including phenoxy) is 2. The molecule has 0 bridgehead atoms. The van der Waals surface area contributed by atoms with Crippen LogP contribution in [0.5, 0.6) is 11.5 Å². The summed E-state index contributed by atoms with van der Waals surface area (Å²) in [6.45, 7) is 6.40. The molecule has 1 heterocycles. The number of rotatable bonds is 6. The number of nitrogens with one attached hydrogen (secondary N) is 2. The molecule has 0 unspecified atom stereocenters. The summed E-state index contributed by atoms with van der Waals surface area (Å²) in [7, 11) is 1.51. The van der Waals surface area contributed by atoms with Crippen molar-refractivity contribution in [2.45, 2.75) is 26.7 Å². The standard InChI is InChI=1S/C18H22N2O4S/c1-5-24-14-7-6-12(10-15(14)23-4)17(21)19-20-18(22)16-13(11(2)3)8-9-25-16/h6-11H,5H2,1-4H3,(H,19,21)(H,20,22). The van der Waals surface area contributed by atoms with E-state index in [1.807, 2.05) is 32.2 Å². The molecule has 0 radical (unpaired) electrons. The van der Waals surface area contributed by atoms with Crippen LogP contribution < -0.4 is 20.3 Å². The molecule has 0 saturated carbocycles. The number of benzene rings is 1. The molecule has 0 fully saturated rings. The van der Waals surface area contributed by atoms with Gasteiger partial charge in [0.1, 0.15) is 0 Å². The number of hydrazine groups is 1. The first-order valence-corrected chi connectivity index (χ1v) is 8.84. The van der Waals surface area contributed by atoms with Crippen molar-refractivity contribution in [2.24, 2.45) is 0 Å². The summed E-state index contributed by atoms with van der Waals surface area (Å²) in [5.74, 6) is 0.493. The van der Waals surface area contributed by atoms with E-state index in [0.29, 0.717) is 28.5 Å². The zero-order valence-electron chi connectivity index (χ0n) is 14.7. The lowest BCUT2D eigenvalue weighted by atomic mass is 10.0. The van der Waals surface area contributed by atoms with Gasteiger partial charge in [-0.2, -0.15) is 0 Å². The van der Waals surface area contributed by atoms with Gasteiger partial charge in [0.25, 0.3) is 11.8 Å². The van der Waals surface area contributed by atoms with Crippen molar-refractivity contribution in [3.63, 3.8) is 0 Å². The maximum absolute atomic E-state index is 12.3. The van der Waals surface area contributed by atoms with Crippen molar-refractivity contribution in [3.05, 3.63) is 45.6 Å². The SMILES string of the molecule is CCOc1ccc(C(=O)NNC(=O)c2sccc2C(C)C)cc1OC. The Morgan fingerprint density at radius 3 is 2.48 bits per heavy atom. The molecule has 0 aliphatic heterocycles. The lowest BCUT2D eigenvalue weighted by Gasteiger charge is -2.12. The third-order valence-electron chi connectivity index (χ3n) is 3.54. The molecule has 1 aromatic heterocycles. The van der Waals surface area contributed by atoms with E-state index in [9.17, 15) is 9.59 Å². The minimum atomic E-state index is -0.433. The van der Waals surface area contributed by atoms with Gasteiger partial charge in [-0.25, -0.2) is 0 Å². The Labute approximate surface area is 151 Å². The summed E-state index contributed by atoms with van der Waals surface area (Å²) in [6, 6.07) is 6.76. The van der Waals surface area contributed by atoms with Gasteiger partial charge < -0.3 is 9.47 Å². The minimum Gasteiger partial charge on any atom is -0.493 e. The molecule has 0 atom stereocenters. The van der Waals surface area contributed by atoms with Gasteiger partial charge in [0, 0.05) is 5.56 Å². The van der Waals surface area contributed by atoms with E-state index in [0.717, 1.165) is 5.56 Å². The van der Waals surface area contributed by atoms with E-state index in [4.69, 9.17) is 9.47 Å². The highest BCUT2D eigenvalue weighted by Crippen LogP contribution is 2.28. The first-order valence-electron chi connectivity index (χ1n) is 7.96. The largest absolute Gasteiger partial charge is 0.493 e. The van der Waals surface area contributed by atoms with Crippen LogP contribution in [0.3, 0.4) is 0 Å². The summed E-state index contributed by atoms with van der Waals surface area (Å²) in [5, 5.41) is 1.86. The van der Waals surface area contributed by atoms with Crippen molar-refractivity contribution in [1.29, 1.82) is 0 Å². The molecule has 6 nitrogen and oxygen atoms in total. The van der Waals surface area contributed by atoms with E-state index < -0.39 is 5.91 Å². The lowest BCUT2D eigenvalue weighted by molar-refractivity contribution is 0.0848. The maximum Gasteiger partial charge on any atom is 0.280 e. The Kier molecular flexibility index (Phi) is 6.41. The zero-order valence-corrected chi connectivity index (χ0v) is 15.5. The van der Waals surface area contributed by atoms with Gasteiger partial charge in [-0.05, 0) is 48.1 Å². The van der Waals surface area contributed by atoms with Crippen molar-refractivity contribution >= 4 is 23.2 Å². The molecule has 2 N–H and O–H groups in total. The Bertz CT molecular complexity index is 755. The molecule has 0 aliphatic rings. The topological polar surface area (TPSA) is 76.7 Å². The Hall–Kier alpha value is -2.54. The number of carbonyl (C=O) groups is 2. The zero-order chi connectivity index (χ0) is 18.4. The van der Waals surface area contributed by atoms with Crippen molar-refractivity contribution in [3.8, 4) is 11.5 Å². The van der Waals surface area contributed by atoms with Crippen LogP contribution in [0.4, 0.5) is 0 Å². The fourth-order valence-corrected chi connectivity index (χ4v) is 3.23. The van der Waals surface area contributed by atoms with Crippen molar-refractivity contribution < 1.29 is 19.1 Å². The highest BCUT2D eigenvalue weighted by molar-refractivity contribution is 7.12. The maximum atomic E-state index is 12.3. The van der Waals surface area contributed by atoms with Crippen molar-refractivity contribution in [2.75, 3.05) is 13.7 Å². The van der Waals surface area contributed by atoms with Crippen LogP contribution in [0.25, 0.3) is 0 Å². The highest BCUT2D eigenvalue weighted by atomic mass is 32.1. The van der Waals surface area contributed by atoms with Crippen LogP contribution in [-0.2, 0) is 0 Å². The molecule has 25 heavy (non-hydrogen) atoms. The van der Waals surface area contributed by atoms with E-state index >= 15 is 0 Å². The van der Waals surface area contributed by atoms with Gasteiger partial charge in [0.05, 0.1) is 18.6 Å². The third-order valence-corrected chi connectivity index (χ3v) is 4.47. The number of amides is 2. The van der Waals surface area contributed by atoms with E-state index in [1.54, 1.807) is 18.2 Å².